The quantitative estimate of drug-likeness (QED) is 0.326. The van der Waals surface area contributed by atoms with E-state index in [0.717, 1.165) is 77.1 Å². The molecule has 4 aromatic rings. The Kier molecular flexibility index (Phi) is 6.48. The smallest absolute Gasteiger partial charge is 0.181 e. The van der Waals surface area contributed by atoms with Crippen LogP contribution >= 0.6 is 11.6 Å². The van der Waals surface area contributed by atoms with E-state index in [1.54, 1.807) is 6.20 Å². The molecule has 5 rings (SSSR count). The van der Waals surface area contributed by atoms with Gasteiger partial charge in [0.15, 0.2) is 5.65 Å². The molecule has 0 amide bonds. The molecule has 0 radical (unpaired) electrons. The summed E-state index contributed by atoms with van der Waals surface area (Å²) in [7, 11) is 0. The van der Waals surface area contributed by atoms with Gasteiger partial charge in [0.05, 0.1) is 16.2 Å². The van der Waals surface area contributed by atoms with E-state index >= 15 is 0 Å². The van der Waals surface area contributed by atoms with Gasteiger partial charge in [-0.15, -0.1) is 0 Å². The number of piperazine rings is 1. The highest BCUT2D eigenvalue weighted by atomic mass is 35.5. The predicted molar refractivity (Wildman–Crippen MR) is 145 cm³/mol. The Balaban J connectivity index is 1.38. The van der Waals surface area contributed by atoms with Crippen LogP contribution in [-0.4, -0.2) is 56.1 Å². The number of nitrogens with zero attached hydrogens (tertiary/aromatic N) is 5. The summed E-state index contributed by atoms with van der Waals surface area (Å²) < 4.78 is 0. The Morgan fingerprint density at radius 1 is 1.06 bits per heavy atom. The zero-order valence-electron chi connectivity index (χ0n) is 20.4. The van der Waals surface area contributed by atoms with Crippen molar-refractivity contribution in [3.63, 3.8) is 0 Å². The summed E-state index contributed by atoms with van der Waals surface area (Å²) in [5.74, 6) is 0. The molecule has 0 unspecified atom stereocenters. The van der Waals surface area contributed by atoms with Gasteiger partial charge in [0.2, 0.25) is 0 Å². The average Bonchev–Trinajstić information content (AvgIpc) is 3.26. The minimum absolute atomic E-state index is 0.672. The monoisotopic (exact) mass is 486 g/mol. The third kappa shape index (κ3) is 4.63. The molecule has 0 spiro atoms. The van der Waals surface area contributed by atoms with Crippen LogP contribution < -0.4 is 0 Å². The first-order valence-corrected chi connectivity index (χ1v) is 12.6. The number of allylic oxidation sites excluding steroid dienone is 1. The number of rotatable bonds is 7. The summed E-state index contributed by atoms with van der Waals surface area (Å²) in [6, 6.07) is 10.2. The van der Waals surface area contributed by atoms with Gasteiger partial charge >= 0.3 is 0 Å². The summed E-state index contributed by atoms with van der Waals surface area (Å²) in [5, 5.41) is 9.79. The summed E-state index contributed by atoms with van der Waals surface area (Å²) in [6.07, 6.45) is 5.28. The van der Waals surface area contributed by atoms with Gasteiger partial charge in [-0.05, 0) is 43.5 Å². The number of halogens is 1. The van der Waals surface area contributed by atoms with Crippen LogP contribution in [0.2, 0.25) is 5.02 Å². The number of pyridine rings is 2. The maximum Gasteiger partial charge on any atom is 0.181 e. The molecule has 35 heavy (non-hydrogen) atoms. The van der Waals surface area contributed by atoms with Crippen LogP contribution in [0.5, 0.6) is 0 Å². The van der Waals surface area contributed by atoms with E-state index < -0.39 is 0 Å². The van der Waals surface area contributed by atoms with Crippen molar-refractivity contribution in [3.05, 3.63) is 71.7 Å². The summed E-state index contributed by atoms with van der Waals surface area (Å²) in [6.45, 7) is 16.8. The lowest BCUT2D eigenvalue weighted by atomic mass is 10.1. The second-order valence-corrected chi connectivity index (χ2v) is 9.66. The molecule has 0 atom stereocenters. The minimum atomic E-state index is 0.672. The largest absolute Gasteiger partial charge is 0.372 e. The van der Waals surface area contributed by atoms with Crippen LogP contribution in [0.4, 0.5) is 0 Å². The van der Waals surface area contributed by atoms with E-state index in [1.165, 1.54) is 18.5 Å². The first-order valence-electron chi connectivity index (χ1n) is 12.2. The fourth-order valence-corrected chi connectivity index (χ4v) is 4.95. The number of H-pyrrole nitrogens is 1. The maximum atomic E-state index is 6.68. The average molecular weight is 487 g/mol. The van der Waals surface area contributed by atoms with Gasteiger partial charge in [0, 0.05) is 65.8 Å². The highest BCUT2D eigenvalue weighted by molar-refractivity contribution is 6.35. The molecule has 1 saturated heterocycles. The molecule has 0 aliphatic carbocycles. The van der Waals surface area contributed by atoms with Gasteiger partial charge in [-0.25, -0.2) is 9.97 Å². The number of nitrogens with one attached hydrogen (secondary N) is 1. The maximum absolute atomic E-state index is 6.68. The van der Waals surface area contributed by atoms with Crippen molar-refractivity contribution in [2.24, 2.45) is 0 Å². The number of aromatic amines is 1. The van der Waals surface area contributed by atoms with E-state index in [2.05, 4.69) is 63.3 Å². The third-order valence-electron chi connectivity index (χ3n) is 6.92. The van der Waals surface area contributed by atoms with Gasteiger partial charge in [0.25, 0.3) is 0 Å². The number of aromatic nitrogens is 4. The molecule has 1 aromatic carbocycles. The molecule has 3 aromatic heterocycles. The van der Waals surface area contributed by atoms with E-state index in [-0.39, 0.29) is 0 Å². The van der Waals surface area contributed by atoms with Gasteiger partial charge in [-0.3, -0.25) is 5.10 Å². The molecule has 0 saturated carbocycles. The Morgan fingerprint density at radius 2 is 1.83 bits per heavy atom. The summed E-state index contributed by atoms with van der Waals surface area (Å²) in [4.78, 5) is 14.2. The first-order chi connectivity index (χ1) is 16.9. The lowest BCUT2D eigenvalue weighted by Crippen LogP contribution is -2.44. The first kappa shape index (κ1) is 23.4. The number of hydrogen-bond donors (Lipinski definition) is 1. The summed E-state index contributed by atoms with van der Waals surface area (Å²) >= 11 is 6.68. The second kappa shape index (κ2) is 9.70. The van der Waals surface area contributed by atoms with Crippen LogP contribution in [0.3, 0.4) is 0 Å². The molecule has 1 fully saturated rings. The Morgan fingerprint density at radius 3 is 2.60 bits per heavy atom. The Bertz CT molecular complexity index is 1410. The molecular formula is C28H31ClN6. The van der Waals surface area contributed by atoms with Gasteiger partial charge in [0.1, 0.15) is 0 Å². The number of fused-ring (bicyclic) bond motifs is 2. The summed E-state index contributed by atoms with van der Waals surface area (Å²) in [5.41, 5.74) is 7.57. The van der Waals surface area contributed by atoms with E-state index in [1.807, 2.05) is 19.1 Å². The molecule has 0 bridgehead atoms. The van der Waals surface area contributed by atoms with Crippen molar-refractivity contribution in [1.29, 1.82) is 0 Å². The Labute approximate surface area is 211 Å². The highest BCUT2D eigenvalue weighted by Gasteiger charge is 2.20. The SMILES string of the molecule is C=C(CCCC)N1CCN(C(=C)c2ccc3c(Cl)cc(-c4cnc5n[nH]c(C)c5c4)nc3c2)CC1. The zero-order chi connectivity index (χ0) is 24.5. The number of hydrogen-bond acceptors (Lipinski definition) is 5. The number of aryl methyl sites for hydroxylation is 1. The van der Waals surface area contributed by atoms with Crippen molar-refractivity contribution >= 4 is 39.2 Å². The van der Waals surface area contributed by atoms with Crippen molar-refractivity contribution in [2.45, 2.75) is 33.1 Å². The molecule has 7 heteroatoms. The van der Waals surface area contributed by atoms with Crippen molar-refractivity contribution < 1.29 is 0 Å². The number of benzene rings is 1. The van der Waals surface area contributed by atoms with Gasteiger partial charge in [-0.1, -0.05) is 50.2 Å². The van der Waals surface area contributed by atoms with Crippen molar-refractivity contribution in [2.75, 3.05) is 26.2 Å². The standard InChI is InChI=1S/C28H31ClN6/c1-5-6-7-18(2)34-10-12-35(13-11-34)20(4)21-8-9-23-25(29)16-26(31-27(23)15-21)22-14-24-19(3)32-33-28(24)30-17-22/h8-9,14-17H,2,4-7,10-13H2,1,3H3,(H,30,32,33). The molecule has 1 N–H and O–H groups in total. The zero-order valence-corrected chi connectivity index (χ0v) is 21.2. The highest BCUT2D eigenvalue weighted by Crippen LogP contribution is 2.32. The van der Waals surface area contributed by atoms with Crippen LogP contribution in [0.1, 0.15) is 37.4 Å². The minimum Gasteiger partial charge on any atom is -0.372 e. The lowest BCUT2D eigenvalue weighted by molar-refractivity contribution is 0.209. The van der Waals surface area contributed by atoms with Crippen LogP contribution in [0.25, 0.3) is 38.9 Å². The normalized spacial score (nSPS) is 14.1. The Hall–Kier alpha value is -3.38. The lowest BCUT2D eigenvalue weighted by Gasteiger charge is -2.39. The van der Waals surface area contributed by atoms with Crippen LogP contribution in [0, 0.1) is 6.92 Å². The molecule has 1 aliphatic heterocycles. The topological polar surface area (TPSA) is 60.9 Å². The fraction of sp³-hybridized carbons (Fsp3) is 0.321. The van der Waals surface area contributed by atoms with E-state index in [4.69, 9.17) is 16.6 Å². The molecule has 180 valence electrons. The van der Waals surface area contributed by atoms with Crippen molar-refractivity contribution in [3.8, 4) is 11.3 Å². The van der Waals surface area contributed by atoms with E-state index in [9.17, 15) is 0 Å². The molecule has 6 nitrogen and oxygen atoms in total. The van der Waals surface area contributed by atoms with E-state index in [0.29, 0.717) is 10.7 Å². The molecule has 1 aliphatic rings. The predicted octanol–water partition coefficient (Wildman–Crippen LogP) is 6.43. The van der Waals surface area contributed by atoms with Gasteiger partial charge in [-0.2, -0.15) is 5.10 Å². The third-order valence-corrected chi connectivity index (χ3v) is 7.23. The fourth-order valence-electron chi connectivity index (χ4n) is 4.69. The molecule has 4 heterocycles. The van der Waals surface area contributed by atoms with Crippen LogP contribution in [-0.2, 0) is 0 Å². The van der Waals surface area contributed by atoms with Crippen LogP contribution in [0.15, 0.2) is 55.4 Å². The van der Waals surface area contributed by atoms with Gasteiger partial charge < -0.3 is 9.80 Å². The number of unbranched alkanes of at least 4 members (excludes halogenated alkanes) is 1. The molecular weight excluding hydrogens is 456 g/mol. The van der Waals surface area contributed by atoms with Crippen molar-refractivity contribution in [1.82, 2.24) is 30.0 Å². The second-order valence-electron chi connectivity index (χ2n) is 9.26.